The number of amides is 2. The monoisotopic (exact) mass is 373 g/mol. The van der Waals surface area contributed by atoms with Gasteiger partial charge in [0, 0.05) is 0 Å². The molecule has 26 heavy (non-hydrogen) atoms. The molecule has 1 aliphatic rings. The number of benzene rings is 2. The van der Waals surface area contributed by atoms with Crippen molar-refractivity contribution in [2.45, 2.75) is 6.54 Å². The van der Waals surface area contributed by atoms with Crippen molar-refractivity contribution >= 4 is 29.0 Å². The van der Waals surface area contributed by atoms with Crippen molar-refractivity contribution in [2.75, 3.05) is 14.2 Å². The maximum absolute atomic E-state index is 13.0. The normalized spacial score (nSPS) is 15.7. The van der Waals surface area contributed by atoms with Gasteiger partial charge in [-0.2, -0.15) is 0 Å². The van der Waals surface area contributed by atoms with Gasteiger partial charge in [0.2, 0.25) is 0 Å². The fourth-order valence-electron chi connectivity index (χ4n) is 2.50. The summed E-state index contributed by atoms with van der Waals surface area (Å²) >= 11 is 0.875. The number of carbonyl (C=O) groups excluding carboxylic acids is 2. The van der Waals surface area contributed by atoms with Crippen LogP contribution < -0.4 is 9.47 Å². The second kappa shape index (κ2) is 7.61. The second-order valence-corrected chi connectivity index (χ2v) is 6.50. The maximum Gasteiger partial charge on any atom is 0.293 e. The average Bonchev–Trinajstić information content (AvgIpc) is 2.90. The van der Waals surface area contributed by atoms with E-state index in [1.165, 1.54) is 19.2 Å². The predicted octanol–water partition coefficient (Wildman–Crippen LogP) is 4.08. The van der Waals surface area contributed by atoms with E-state index in [0.29, 0.717) is 22.0 Å². The molecular formula is C19H16FNO4S. The lowest BCUT2D eigenvalue weighted by molar-refractivity contribution is -0.123. The third kappa shape index (κ3) is 3.72. The van der Waals surface area contributed by atoms with Crippen LogP contribution in [-0.4, -0.2) is 30.3 Å². The molecule has 0 bridgehead atoms. The Hall–Kier alpha value is -2.80. The van der Waals surface area contributed by atoms with Gasteiger partial charge in [-0.1, -0.05) is 18.2 Å². The van der Waals surface area contributed by atoms with E-state index in [9.17, 15) is 14.0 Å². The fourth-order valence-corrected chi connectivity index (χ4v) is 3.34. The van der Waals surface area contributed by atoms with Crippen LogP contribution in [0.2, 0.25) is 0 Å². The first-order valence-corrected chi connectivity index (χ1v) is 8.55. The molecule has 5 nitrogen and oxygen atoms in total. The predicted molar refractivity (Wildman–Crippen MR) is 97.5 cm³/mol. The Labute approximate surface area is 154 Å². The largest absolute Gasteiger partial charge is 0.493 e. The zero-order chi connectivity index (χ0) is 18.7. The topological polar surface area (TPSA) is 55.8 Å². The van der Waals surface area contributed by atoms with Crippen molar-refractivity contribution in [1.29, 1.82) is 0 Å². The highest BCUT2D eigenvalue weighted by Gasteiger charge is 2.35. The third-order valence-electron chi connectivity index (χ3n) is 3.83. The molecule has 0 spiro atoms. The van der Waals surface area contributed by atoms with Gasteiger partial charge in [0.1, 0.15) is 5.82 Å². The number of methoxy groups -OCH3 is 2. The van der Waals surface area contributed by atoms with E-state index < -0.39 is 0 Å². The Morgan fingerprint density at radius 1 is 1.04 bits per heavy atom. The number of ether oxygens (including phenoxy) is 2. The van der Waals surface area contributed by atoms with Crippen LogP contribution in [0.15, 0.2) is 47.4 Å². The molecule has 0 saturated carbocycles. The number of hydrogen-bond acceptors (Lipinski definition) is 5. The first kappa shape index (κ1) is 18.0. The molecule has 1 heterocycles. The van der Waals surface area contributed by atoms with Gasteiger partial charge in [-0.25, -0.2) is 4.39 Å². The first-order valence-electron chi connectivity index (χ1n) is 7.73. The summed E-state index contributed by atoms with van der Waals surface area (Å²) in [6.45, 7) is 0.105. The molecule has 2 aromatic rings. The van der Waals surface area contributed by atoms with E-state index in [1.807, 2.05) is 0 Å². The van der Waals surface area contributed by atoms with Crippen LogP contribution in [0.4, 0.5) is 9.18 Å². The Kier molecular flexibility index (Phi) is 5.27. The van der Waals surface area contributed by atoms with Gasteiger partial charge in [0.15, 0.2) is 11.5 Å². The van der Waals surface area contributed by atoms with Crippen molar-refractivity contribution in [3.05, 3.63) is 64.3 Å². The summed E-state index contributed by atoms with van der Waals surface area (Å²) in [6.07, 6.45) is 1.64. The van der Waals surface area contributed by atoms with Crippen LogP contribution in [0.3, 0.4) is 0 Å². The summed E-state index contributed by atoms with van der Waals surface area (Å²) in [5.41, 5.74) is 1.40. The quantitative estimate of drug-likeness (QED) is 0.739. The zero-order valence-corrected chi connectivity index (χ0v) is 15.0. The molecule has 0 unspecified atom stereocenters. The van der Waals surface area contributed by atoms with Gasteiger partial charge in [-0.15, -0.1) is 0 Å². The molecule has 1 saturated heterocycles. The highest BCUT2D eigenvalue weighted by atomic mass is 32.2. The molecule has 1 fully saturated rings. The van der Waals surface area contributed by atoms with Crippen LogP contribution in [-0.2, 0) is 11.3 Å². The van der Waals surface area contributed by atoms with E-state index in [1.54, 1.807) is 43.5 Å². The molecule has 2 aromatic carbocycles. The van der Waals surface area contributed by atoms with Gasteiger partial charge in [0.05, 0.1) is 25.7 Å². The minimum Gasteiger partial charge on any atom is -0.493 e. The molecule has 2 amide bonds. The fraction of sp³-hybridized carbons (Fsp3) is 0.158. The Morgan fingerprint density at radius 2 is 1.73 bits per heavy atom. The number of carbonyl (C=O) groups is 2. The Morgan fingerprint density at radius 3 is 2.38 bits per heavy atom. The number of halogens is 1. The minimum atomic E-state index is -0.376. The first-order chi connectivity index (χ1) is 12.5. The number of imide groups is 1. The van der Waals surface area contributed by atoms with Crippen LogP contribution in [0, 0.1) is 5.82 Å². The molecule has 3 rings (SSSR count). The van der Waals surface area contributed by atoms with Gasteiger partial charge in [-0.05, 0) is 53.2 Å². The third-order valence-corrected chi connectivity index (χ3v) is 4.74. The lowest BCUT2D eigenvalue weighted by atomic mass is 10.1. The van der Waals surface area contributed by atoms with Crippen LogP contribution in [0.1, 0.15) is 11.1 Å². The second-order valence-electron chi connectivity index (χ2n) is 5.51. The number of hydrogen-bond donors (Lipinski definition) is 0. The van der Waals surface area contributed by atoms with E-state index in [-0.39, 0.29) is 23.5 Å². The lowest BCUT2D eigenvalue weighted by Crippen LogP contribution is -2.27. The SMILES string of the molecule is COc1ccc(/C=C2\SC(=O)N(Cc3ccc(F)cc3)C2=O)cc1OC. The average molecular weight is 373 g/mol. The summed E-state index contributed by atoms with van der Waals surface area (Å²) in [5.74, 6) is 0.371. The summed E-state index contributed by atoms with van der Waals surface area (Å²) < 4.78 is 23.4. The molecule has 1 aliphatic heterocycles. The van der Waals surface area contributed by atoms with Crippen LogP contribution in [0.25, 0.3) is 6.08 Å². The highest BCUT2D eigenvalue weighted by molar-refractivity contribution is 8.18. The molecule has 0 N–H and O–H groups in total. The van der Waals surface area contributed by atoms with Crippen LogP contribution >= 0.6 is 11.8 Å². The van der Waals surface area contributed by atoms with Gasteiger partial charge < -0.3 is 9.47 Å². The standard InChI is InChI=1S/C19H16FNO4S/c1-24-15-8-5-13(9-16(15)25-2)10-17-18(22)21(19(23)26-17)11-12-3-6-14(20)7-4-12/h3-10H,11H2,1-2H3/b17-10-. The lowest BCUT2D eigenvalue weighted by Gasteiger charge is -2.12. The maximum atomic E-state index is 13.0. The molecule has 7 heteroatoms. The van der Waals surface area contributed by atoms with Crippen molar-refractivity contribution in [1.82, 2.24) is 4.90 Å². The van der Waals surface area contributed by atoms with Crippen molar-refractivity contribution in [3.63, 3.8) is 0 Å². The molecule has 0 radical (unpaired) electrons. The highest BCUT2D eigenvalue weighted by Crippen LogP contribution is 2.35. The van der Waals surface area contributed by atoms with Crippen molar-refractivity contribution < 1.29 is 23.5 Å². The smallest absolute Gasteiger partial charge is 0.293 e. The Balaban J connectivity index is 1.81. The number of thioether (sulfide) groups is 1. The van der Waals surface area contributed by atoms with Crippen molar-refractivity contribution in [3.8, 4) is 11.5 Å². The number of nitrogens with zero attached hydrogens (tertiary/aromatic N) is 1. The van der Waals surface area contributed by atoms with Crippen molar-refractivity contribution in [2.24, 2.45) is 0 Å². The van der Waals surface area contributed by atoms with Gasteiger partial charge >= 0.3 is 0 Å². The molecule has 134 valence electrons. The molecule has 0 aromatic heterocycles. The summed E-state index contributed by atoms with van der Waals surface area (Å²) in [7, 11) is 3.07. The van der Waals surface area contributed by atoms with Crippen LogP contribution in [0.5, 0.6) is 11.5 Å². The van der Waals surface area contributed by atoms with E-state index in [4.69, 9.17) is 9.47 Å². The van der Waals surface area contributed by atoms with E-state index in [2.05, 4.69) is 0 Å². The van der Waals surface area contributed by atoms with E-state index >= 15 is 0 Å². The summed E-state index contributed by atoms with van der Waals surface area (Å²) in [6, 6.07) is 10.9. The van der Waals surface area contributed by atoms with Gasteiger partial charge in [-0.3, -0.25) is 14.5 Å². The number of rotatable bonds is 5. The zero-order valence-electron chi connectivity index (χ0n) is 14.2. The van der Waals surface area contributed by atoms with Gasteiger partial charge in [0.25, 0.3) is 11.1 Å². The molecule has 0 atom stereocenters. The minimum absolute atomic E-state index is 0.105. The summed E-state index contributed by atoms with van der Waals surface area (Å²) in [5, 5.41) is -0.356. The summed E-state index contributed by atoms with van der Waals surface area (Å²) in [4.78, 5) is 26.2. The molecule has 0 aliphatic carbocycles. The van der Waals surface area contributed by atoms with E-state index in [0.717, 1.165) is 22.2 Å². The molecular weight excluding hydrogens is 357 g/mol. The Bertz CT molecular complexity index is 880.